The molecule has 1 N–H and O–H groups in total. The molecule has 0 radical (unpaired) electrons. The van der Waals surface area contributed by atoms with Crippen molar-refractivity contribution in [3.05, 3.63) is 0 Å². The van der Waals surface area contributed by atoms with Crippen LogP contribution in [0.4, 0.5) is 0 Å². The fourth-order valence-corrected chi connectivity index (χ4v) is 1.84. The highest BCUT2D eigenvalue weighted by molar-refractivity contribution is 6.13. The predicted molar refractivity (Wildman–Crippen MR) is 45.0 cm³/mol. The van der Waals surface area contributed by atoms with Gasteiger partial charge in [0.05, 0.1) is 0 Å². The van der Waals surface area contributed by atoms with Crippen LogP contribution in [0.2, 0.25) is 0 Å². The fourth-order valence-electron chi connectivity index (χ4n) is 1.73. The average Bonchev–Trinajstić information content (AvgIpc) is 2.03. The van der Waals surface area contributed by atoms with Crippen LogP contribution in [0, 0.1) is 5.92 Å². The Hall–Kier alpha value is 0.250. The van der Waals surface area contributed by atoms with Crippen molar-refractivity contribution in [2.45, 2.75) is 38.5 Å². The molecule has 1 saturated carbocycles. The SMILES string of the molecule is ClNCCC1CCCCC1. The summed E-state index contributed by atoms with van der Waals surface area (Å²) in [5, 5.41) is 0. The van der Waals surface area contributed by atoms with Gasteiger partial charge in [-0.3, -0.25) is 0 Å². The second kappa shape index (κ2) is 4.97. The number of rotatable bonds is 3. The molecule has 0 bridgehead atoms. The van der Waals surface area contributed by atoms with Gasteiger partial charge in [0.25, 0.3) is 0 Å². The fraction of sp³-hybridized carbons (Fsp3) is 1.00. The van der Waals surface area contributed by atoms with E-state index in [4.69, 9.17) is 11.8 Å². The molecule has 0 spiro atoms. The van der Waals surface area contributed by atoms with Gasteiger partial charge in [0.2, 0.25) is 0 Å². The molecule has 0 heterocycles. The highest BCUT2D eigenvalue weighted by Gasteiger charge is 2.11. The standard InChI is InChI=1S/C8H16ClN/c9-10-7-6-8-4-2-1-3-5-8/h8,10H,1-7H2. The molecule has 2 heteroatoms. The first-order chi connectivity index (χ1) is 4.93. The Balaban J connectivity index is 2.02. The summed E-state index contributed by atoms with van der Waals surface area (Å²) in [6.07, 6.45) is 8.45. The van der Waals surface area contributed by atoms with Gasteiger partial charge in [-0.2, -0.15) is 0 Å². The molecule has 0 aliphatic heterocycles. The van der Waals surface area contributed by atoms with E-state index in [-0.39, 0.29) is 0 Å². The normalized spacial score (nSPS) is 21.3. The van der Waals surface area contributed by atoms with E-state index >= 15 is 0 Å². The van der Waals surface area contributed by atoms with E-state index in [0.717, 1.165) is 12.5 Å². The summed E-state index contributed by atoms with van der Waals surface area (Å²) in [7, 11) is 0. The molecule has 10 heavy (non-hydrogen) atoms. The van der Waals surface area contributed by atoms with Gasteiger partial charge in [-0.25, -0.2) is 4.84 Å². The van der Waals surface area contributed by atoms with Crippen molar-refractivity contribution >= 4 is 11.8 Å². The second-order valence-corrected chi connectivity index (χ2v) is 3.44. The maximum atomic E-state index is 5.37. The van der Waals surface area contributed by atoms with Crippen molar-refractivity contribution in [3.63, 3.8) is 0 Å². The molecular formula is C8H16ClN. The van der Waals surface area contributed by atoms with Crippen LogP contribution in [0.3, 0.4) is 0 Å². The summed E-state index contributed by atoms with van der Waals surface area (Å²) in [4.78, 5) is 2.69. The Morgan fingerprint density at radius 3 is 2.50 bits per heavy atom. The van der Waals surface area contributed by atoms with Crippen LogP contribution in [0.5, 0.6) is 0 Å². The van der Waals surface area contributed by atoms with Crippen LogP contribution < -0.4 is 4.84 Å². The summed E-state index contributed by atoms with van der Waals surface area (Å²) in [6.45, 7) is 0.978. The molecular weight excluding hydrogens is 146 g/mol. The third kappa shape index (κ3) is 2.89. The van der Waals surface area contributed by atoms with Crippen LogP contribution in [-0.2, 0) is 0 Å². The monoisotopic (exact) mass is 161 g/mol. The lowest BCUT2D eigenvalue weighted by Gasteiger charge is -2.20. The Bertz CT molecular complexity index is 79.3. The summed E-state index contributed by atoms with van der Waals surface area (Å²) in [5.74, 6) is 0.958. The van der Waals surface area contributed by atoms with Crippen LogP contribution in [0.25, 0.3) is 0 Å². The van der Waals surface area contributed by atoms with E-state index in [0.29, 0.717) is 0 Å². The molecule has 0 atom stereocenters. The lowest BCUT2D eigenvalue weighted by molar-refractivity contribution is 0.340. The first kappa shape index (κ1) is 8.35. The zero-order valence-electron chi connectivity index (χ0n) is 6.41. The number of hydrogen-bond acceptors (Lipinski definition) is 1. The Kier molecular flexibility index (Phi) is 4.15. The molecule has 1 aliphatic rings. The minimum Gasteiger partial charge on any atom is -0.234 e. The predicted octanol–water partition coefficient (Wildman–Crippen LogP) is 2.70. The van der Waals surface area contributed by atoms with Gasteiger partial charge in [0.1, 0.15) is 0 Å². The molecule has 0 unspecified atom stereocenters. The van der Waals surface area contributed by atoms with E-state index < -0.39 is 0 Å². The Labute approximate surface area is 68.3 Å². The zero-order valence-corrected chi connectivity index (χ0v) is 7.16. The van der Waals surface area contributed by atoms with Crippen LogP contribution >= 0.6 is 11.8 Å². The lowest BCUT2D eigenvalue weighted by Crippen LogP contribution is -2.12. The van der Waals surface area contributed by atoms with Crippen LogP contribution in [0.1, 0.15) is 38.5 Å². The topological polar surface area (TPSA) is 12.0 Å². The van der Waals surface area contributed by atoms with E-state index in [2.05, 4.69) is 4.84 Å². The van der Waals surface area contributed by atoms with Gasteiger partial charge in [0.15, 0.2) is 0 Å². The smallest absolute Gasteiger partial charge is 0.0110 e. The summed E-state index contributed by atoms with van der Waals surface area (Å²) in [5.41, 5.74) is 0. The van der Waals surface area contributed by atoms with Gasteiger partial charge in [-0.05, 0) is 24.1 Å². The maximum Gasteiger partial charge on any atom is 0.0110 e. The molecule has 0 aromatic carbocycles. The summed E-state index contributed by atoms with van der Waals surface area (Å²) in [6, 6.07) is 0. The van der Waals surface area contributed by atoms with Gasteiger partial charge < -0.3 is 0 Å². The van der Waals surface area contributed by atoms with E-state index in [1.165, 1.54) is 38.5 Å². The van der Waals surface area contributed by atoms with Gasteiger partial charge >= 0.3 is 0 Å². The Morgan fingerprint density at radius 2 is 1.90 bits per heavy atom. The molecule has 0 saturated heterocycles. The summed E-state index contributed by atoms with van der Waals surface area (Å²) < 4.78 is 0. The third-order valence-corrected chi connectivity index (χ3v) is 2.56. The van der Waals surface area contributed by atoms with Gasteiger partial charge in [0, 0.05) is 6.54 Å². The largest absolute Gasteiger partial charge is 0.234 e. The molecule has 1 rings (SSSR count). The van der Waals surface area contributed by atoms with Crippen molar-refractivity contribution in [1.29, 1.82) is 0 Å². The van der Waals surface area contributed by atoms with Crippen molar-refractivity contribution in [3.8, 4) is 0 Å². The highest BCUT2D eigenvalue weighted by Crippen LogP contribution is 2.25. The zero-order chi connectivity index (χ0) is 7.23. The minimum absolute atomic E-state index is 0.958. The number of hydrogen-bond donors (Lipinski definition) is 1. The van der Waals surface area contributed by atoms with Crippen LogP contribution in [0.15, 0.2) is 0 Å². The van der Waals surface area contributed by atoms with E-state index in [1.54, 1.807) is 0 Å². The van der Waals surface area contributed by atoms with Crippen molar-refractivity contribution in [2.24, 2.45) is 5.92 Å². The molecule has 60 valence electrons. The van der Waals surface area contributed by atoms with E-state index in [1.807, 2.05) is 0 Å². The summed E-state index contributed by atoms with van der Waals surface area (Å²) >= 11 is 5.37. The average molecular weight is 162 g/mol. The van der Waals surface area contributed by atoms with Gasteiger partial charge in [-0.15, -0.1) is 0 Å². The van der Waals surface area contributed by atoms with Crippen LogP contribution in [-0.4, -0.2) is 6.54 Å². The number of halogens is 1. The molecule has 0 amide bonds. The molecule has 1 nitrogen and oxygen atoms in total. The second-order valence-electron chi connectivity index (χ2n) is 3.18. The first-order valence-corrected chi connectivity index (χ1v) is 4.65. The Morgan fingerprint density at radius 1 is 1.20 bits per heavy atom. The molecule has 1 aliphatic carbocycles. The minimum atomic E-state index is 0.958. The van der Waals surface area contributed by atoms with Crippen molar-refractivity contribution in [2.75, 3.05) is 6.54 Å². The molecule has 0 aromatic heterocycles. The quantitative estimate of drug-likeness (QED) is 0.628. The molecule has 0 aromatic rings. The lowest BCUT2D eigenvalue weighted by atomic mass is 9.87. The first-order valence-electron chi connectivity index (χ1n) is 4.27. The van der Waals surface area contributed by atoms with Crippen molar-refractivity contribution < 1.29 is 0 Å². The third-order valence-electron chi connectivity index (χ3n) is 2.37. The van der Waals surface area contributed by atoms with Gasteiger partial charge in [-0.1, -0.05) is 32.1 Å². The number of nitrogens with one attached hydrogen (secondary N) is 1. The highest BCUT2D eigenvalue weighted by atomic mass is 35.5. The van der Waals surface area contributed by atoms with Crippen molar-refractivity contribution in [1.82, 2.24) is 4.84 Å². The molecule has 1 fully saturated rings. The maximum absolute atomic E-state index is 5.37. The van der Waals surface area contributed by atoms with E-state index in [9.17, 15) is 0 Å².